The van der Waals surface area contributed by atoms with E-state index in [4.69, 9.17) is 9.52 Å². The molecule has 0 aliphatic heterocycles. The first-order valence-electron chi connectivity index (χ1n) is 6.12. The van der Waals surface area contributed by atoms with Gasteiger partial charge >= 0.3 is 0 Å². The van der Waals surface area contributed by atoms with E-state index in [0.717, 1.165) is 5.76 Å². The fraction of sp³-hybridized carbons (Fsp3) is 0.385. The van der Waals surface area contributed by atoms with Gasteiger partial charge in [-0.3, -0.25) is 0 Å². The summed E-state index contributed by atoms with van der Waals surface area (Å²) in [6, 6.07) is 4.59. The van der Waals surface area contributed by atoms with E-state index in [2.05, 4.69) is 4.72 Å². The molecular weight excluding hydrogens is 298 g/mol. The van der Waals surface area contributed by atoms with E-state index in [9.17, 15) is 8.42 Å². The van der Waals surface area contributed by atoms with Gasteiger partial charge in [0.15, 0.2) is 0 Å². The van der Waals surface area contributed by atoms with Gasteiger partial charge in [0.25, 0.3) is 0 Å². The summed E-state index contributed by atoms with van der Waals surface area (Å²) in [7, 11) is -3.63. The molecule has 0 bridgehead atoms. The lowest BCUT2D eigenvalue weighted by Gasteiger charge is -2.11. The number of aliphatic hydroxyl groups excluding tert-OH is 1. The Kier molecular flexibility index (Phi) is 4.33. The molecule has 0 aromatic carbocycles. The van der Waals surface area contributed by atoms with E-state index in [1.165, 1.54) is 17.4 Å². The van der Waals surface area contributed by atoms with Gasteiger partial charge in [-0.15, -0.1) is 11.3 Å². The summed E-state index contributed by atoms with van der Waals surface area (Å²) >= 11 is 1.28. The van der Waals surface area contributed by atoms with E-state index in [0.29, 0.717) is 15.5 Å². The molecule has 0 aliphatic rings. The summed E-state index contributed by atoms with van der Waals surface area (Å²) in [4.78, 5) is 1.50. The smallest absolute Gasteiger partial charge is 0.242 e. The van der Waals surface area contributed by atoms with Crippen LogP contribution in [-0.4, -0.2) is 13.5 Å². The van der Waals surface area contributed by atoms with Gasteiger partial charge < -0.3 is 9.52 Å². The zero-order chi connectivity index (χ0) is 14.9. The van der Waals surface area contributed by atoms with Crippen molar-refractivity contribution in [2.45, 2.75) is 38.3 Å². The Morgan fingerprint density at radius 1 is 1.40 bits per heavy atom. The number of nitrogens with one attached hydrogen (secondary N) is 1. The highest BCUT2D eigenvalue weighted by atomic mass is 32.2. The average molecular weight is 315 g/mol. The van der Waals surface area contributed by atoms with Crippen LogP contribution in [0.15, 0.2) is 27.5 Å². The van der Waals surface area contributed by atoms with Crippen LogP contribution in [0.4, 0.5) is 0 Å². The molecule has 2 heterocycles. The number of sulfonamides is 1. The van der Waals surface area contributed by atoms with Gasteiger partial charge in [0, 0.05) is 9.75 Å². The maximum Gasteiger partial charge on any atom is 0.242 e. The van der Waals surface area contributed by atoms with E-state index >= 15 is 0 Å². The third-order valence-corrected chi connectivity index (χ3v) is 5.72. The number of furan rings is 1. The van der Waals surface area contributed by atoms with E-state index < -0.39 is 16.1 Å². The third-order valence-electron chi connectivity index (χ3n) is 2.89. The van der Waals surface area contributed by atoms with Crippen LogP contribution in [0.25, 0.3) is 0 Å². The number of thiophene rings is 1. The number of aryl methyl sites for hydroxylation is 2. The molecule has 0 fully saturated rings. The predicted octanol–water partition coefficient (Wildman–Crippen LogP) is 2.49. The summed E-state index contributed by atoms with van der Waals surface area (Å²) in [5.41, 5.74) is 0. The highest BCUT2D eigenvalue weighted by Crippen LogP contribution is 2.27. The second-order valence-electron chi connectivity index (χ2n) is 4.58. The lowest BCUT2D eigenvalue weighted by molar-refractivity contribution is 0.285. The van der Waals surface area contributed by atoms with Crippen molar-refractivity contribution >= 4 is 21.4 Å². The van der Waals surface area contributed by atoms with E-state index in [-0.39, 0.29) is 11.5 Å². The molecule has 0 aliphatic carbocycles. The molecule has 2 aromatic rings. The summed E-state index contributed by atoms with van der Waals surface area (Å²) in [6.07, 6.45) is 0. The maximum atomic E-state index is 12.3. The molecule has 5 nitrogen and oxygen atoms in total. The van der Waals surface area contributed by atoms with Crippen LogP contribution in [0.1, 0.15) is 34.2 Å². The summed E-state index contributed by atoms with van der Waals surface area (Å²) in [5, 5.41) is 9.08. The molecule has 1 unspecified atom stereocenters. The van der Waals surface area contributed by atoms with Gasteiger partial charge in [-0.25, -0.2) is 13.1 Å². The summed E-state index contributed by atoms with van der Waals surface area (Å²) in [6.45, 7) is 5.10. The molecule has 1 atom stereocenters. The minimum atomic E-state index is -3.63. The van der Waals surface area contributed by atoms with E-state index in [1.807, 2.05) is 0 Å². The Morgan fingerprint density at radius 2 is 2.10 bits per heavy atom. The summed E-state index contributed by atoms with van der Waals surface area (Å²) < 4.78 is 32.7. The van der Waals surface area contributed by atoms with Gasteiger partial charge in [0.1, 0.15) is 11.5 Å². The number of aliphatic hydroxyl groups is 1. The molecule has 20 heavy (non-hydrogen) atoms. The molecule has 0 spiro atoms. The molecule has 0 saturated carbocycles. The highest BCUT2D eigenvalue weighted by Gasteiger charge is 2.23. The van der Waals surface area contributed by atoms with Crippen molar-refractivity contribution in [3.8, 4) is 0 Å². The first-order chi connectivity index (χ1) is 9.33. The third kappa shape index (κ3) is 3.12. The number of hydrogen-bond donors (Lipinski definition) is 2. The Balaban J connectivity index is 2.24. The second-order valence-corrected chi connectivity index (χ2v) is 7.61. The standard InChI is InChI=1S/C13H17NO4S2/c1-8-4-5-12(18-8)9(2)14-20(16,17)13-6-11(7-15)19-10(13)3/h4-6,9,14-15H,7H2,1-3H3. The van der Waals surface area contributed by atoms with Crippen molar-refractivity contribution in [2.24, 2.45) is 0 Å². The van der Waals surface area contributed by atoms with Crippen LogP contribution in [0.5, 0.6) is 0 Å². The van der Waals surface area contributed by atoms with E-state index in [1.54, 1.807) is 32.9 Å². The Bertz CT molecular complexity index is 700. The fourth-order valence-electron chi connectivity index (χ4n) is 1.91. The van der Waals surface area contributed by atoms with Crippen molar-refractivity contribution in [3.63, 3.8) is 0 Å². The molecule has 2 rings (SSSR count). The lowest BCUT2D eigenvalue weighted by atomic mass is 10.3. The molecule has 0 saturated heterocycles. The van der Waals surface area contributed by atoms with Crippen molar-refractivity contribution < 1.29 is 17.9 Å². The topological polar surface area (TPSA) is 79.5 Å². The molecule has 2 N–H and O–H groups in total. The zero-order valence-corrected chi connectivity index (χ0v) is 13.1. The Morgan fingerprint density at radius 3 is 2.60 bits per heavy atom. The van der Waals surface area contributed by atoms with Gasteiger partial charge in [-0.2, -0.15) is 0 Å². The van der Waals surface area contributed by atoms with Crippen LogP contribution in [-0.2, 0) is 16.6 Å². The van der Waals surface area contributed by atoms with Crippen LogP contribution in [0.2, 0.25) is 0 Å². The van der Waals surface area contributed by atoms with Crippen LogP contribution >= 0.6 is 11.3 Å². The quantitative estimate of drug-likeness (QED) is 0.888. The SMILES string of the molecule is Cc1ccc(C(C)NS(=O)(=O)c2cc(CO)sc2C)o1. The monoisotopic (exact) mass is 315 g/mol. The van der Waals surface area contributed by atoms with Crippen LogP contribution < -0.4 is 4.72 Å². The van der Waals surface area contributed by atoms with Crippen molar-refractivity contribution in [3.05, 3.63) is 39.5 Å². The zero-order valence-electron chi connectivity index (χ0n) is 11.5. The molecule has 110 valence electrons. The largest absolute Gasteiger partial charge is 0.465 e. The van der Waals surface area contributed by atoms with Crippen molar-refractivity contribution in [1.82, 2.24) is 4.72 Å². The number of hydrogen-bond acceptors (Lipinski definition) is 5. The molecule has 0 amide bonds. The normalized spacial score (nSPS) is 13.6. The number of rotatable bonds is 5. The first-order valence-corrected chi connectivity index (χ1v) is 8.42. The minimum Gasteiger partial charge on any atom is -0.465 e. The highest BCUT2D eigenvalue weighted by molar-refractivity contribution is 7.89. The lowest BCUT2D eigenvalue weighted by Crippen LogP contribution is -2.26. The van der Waals surface area contributed by atoms with Crippen molar-refractivity contribution in [1.29, 1.82) is 0 Å². The van der Waals surface area contributed by atoms with Crippen LogP contribution in [0, 0.1) is 13.8 Å². The summed E-state index contributed by atoms with van der Waals surface area (Å²) in [5.74, 6) is 1.31. The molecule has 2 aromatic heterocycles. The van der Waals surface area contributed by atoms with Crippen LogP contribution in [0.3, 0.4) is 0 Å². The van der Waals surface area contributed by atoms with Gasteiger partial charge in [0.05, 0.1) is 17.5 Å². The molecule has 0 radical (unpaired) electrons. The fourth-order valence-corrected chi connectivity index (χ4v) is 4.62. The minimum absolute atomic E-state index is 0.159. The van der Waals surface area contributed by atoms with Gasteiger partial charge in [0.2, 0.25) is 10.0 Å². The van der Waals surface area contributed by atoms with Gasteiger partial charge in [-0.05, 0) is 39.0 Å². The average Bonchev–Trinajstić information content (AvgIpc) is 2.95. The second kappa shape index (κ2) is 5.69. The molecular formula is C13H17NO4S2. The predicted molar refractivity (Wildman–Crippen MR) is 77.2 cm³/mol. The maximum absolute atomic E-state index is 12.3. The van der Waals surface area contributed by atoms with Crippen molar-refractivity contribution in [2.75, 3.05) is 0 Å². The Hall–Kier alpha value is -1.15. The first kappa shape index (κ1) is 15.2. The Labute approximate surface area is 122 Å². The van der Waals surface area contributed by atoms with Gasteiger partial charge in [-0.1, -0.05) is 0 Å². The molecule has 7 heteroatoms.